The van der Waals surface area contributed by atoms with E-state index in [1.165, 1.54) is 37.4 Å². The van der Waals surface area contributed by atoms with Crippen LogP contribution in [0.1, 0.15) is 50.7 Å². The van der Waals surface area contributed by atoms with Gasteiger partial charge in [-0.15, -0.1) is 0 Å². The predicted octanol–water partition coefficient (Wildman–Crippen LogP) is 10.1. The highest BCUT2D eigenvalue weighted by molar-refractivity contribution is 9.10. The van der Waals surface area contributed by atoms with Crippen LogP contribution in [-0.2, 0) is 17.8 Å². The van der Waals surface area contributed by atoms with Crippen molar-refractivity contribution < 1.29 is 13.7 Å². The molecule has 6 heteroatoms. The lowest BCUT2D eigenvalue weighted by atomic mass is 10.0. The molecule has 0 N–H and O–H groups in total. The van der Waals surface area contributed by atoms with Crippen molar-refractivity contribution in [2.45, 2.75) is 46.1 Å². The molecule has 0 saturated carbocycles. The molecule has 0 spiro atoms. The third-order valence-electron chi connectivity index (χ3n) is 5.79. The minimum atomic E-state index is -1.07. The fraction of sp³-hybridized carbons (Fsp3) is 0.290. The summed E-state index contributed by atoms with van der Waals surface area (Å²) in [5, 5.41) is 1.02. The van der Waals surface area contributed by atoms with E-state index in [2.05, 4.69) is 54.0 Å². The van der Waals surface area contributed by atoms with Crippen LogP contribution in [0.4, 0.5) is 0 Å². The maximum Gasteiger partial charge on any atom is 0.186 e. The number of unbranched alkanes of at least 4 members (excludes halogenated alkanes) is 3. The van der Waals surface area contributed by atoms with Gasteiger partial charge in [0, 0.05) is 22.6 Å². The van der Waals surface area contributed by atoms with Crippen molar-refractivity contribution in [3.8, 4) is 16.9 Å². The molecule has 0 radical (unpaired) electrons. The largest absolute Gasteiger partial charge is 0.611 e. The molecule has 1 atom stereocenters. The number of halogens is 1. The normalized spacial score (nSPS) is 12.2. The standard InChI is InChI=1S/C25H21BrO3S2.C6H14/c1-30-23(31(2)27)15-19-9-6-10-21(18-7-4-3-5-8-18)24(19)29-16-17-13-20-11-12-28-25(20)22(26)14-17;1-3-5-6-4-2/h3-15H,16H2,1-2H3;3-6H2,1-2H3. The van der Waals surface area contributed by atoms with Gasteiger partial charge in [-0.2, -0.15) is 0 Å². The quantitative estimate of drug-likeness (QED) is 0.134. The second-order valence-electron chi connectivity index (χ2n) is 8.62. The van der Waals surface area contributed by atoms with Gasteiger partial charge in [0.2, 0.25) is 0 Å². The first kappa shape index (κ1) is 29.4. The van der Waals surface area contributed by atoms with Crippen LogP contribution in [-0.4, -0.2) is 17.1 Å². The Hall–Kier alpha value is -2.12. The summed E-state index contributed by atoms with van der Waals surface area (Å²) in [6.45, 7) is 4.86. The van der Waals surface area contributed by atoms with Crippen molar-refractivity contribution in [1.82, 2.24) is 0 Å². The van der Waals surface area contributed by atoms with Crippen molar-refractivity contribution in [2.75, 3.05) is 12.5 Å². The van der Waals surface area contributed by atoms with E-state index in [1.54, 1.807) is 12.5 Å². The zero-order chi connectivity index (χ0) is 26.6. The first-order valence-corrected chi connectivity index (χ1v) is 16.1. The lowest BCUT2D eigenvalue weighted by molar-refractivity contribution is 0.307. The molecule has 3 aromatic carbocycles. The van der Waals surface area contributed by atoms with Gasteiger partial charge in [0.15, 0.2) is 4.24 Å². The Morgan fingerprint density at radius 3 is 2.41 bits per heavy atom. The number of hydrogen-bond acceptors (Lipinski definition) is 4. The van der Waals surface area contributed by atoms with Crippen LogP contribution < -0.4 is 4.74 Å². The van der Waals surface area contributed by atoms with Gasteiger partial charge in [0.25, 0.3) is 0 Å². The lowest BCUT2D eigenvalue weighted by Gasteiger charge is -2.16. The van der Waals surface area contributed by atoms with E-state index in [4.69, 9.17) is 9.15 Å². The Morgan fingerprint density at radius 1 is 1.03 bits per heavy atom. The van der Waals surface area contributed by atoms with Crippen molar-refractivity contribution in [3.05, 3.63) is 92.8 Å². The summed E-state index contributed by atoms with van der Waals surface area (Å²) < 4.78 is 25.8. The molecule has 1 unspecified atom stereocenters. The van der Waals surface area contributed by atoms with Gasteiger partial charge >= 0.3 is 0 Å². The van der Waals surface area contributed by atoms with Gasteiger partial charge in [0.05, 0.1) is 10.7 Å². The molecule has 4 rings (SSSR count). The van der Waals surface area contributed by atoms with Crippen LogP contribution in [0.15, 0.2) is 86.1 Å². The fourth-order valence-corrected chi connectivity index (χ4v) is 5.99. The highest BCUT2D eigenvalue weighted by atomic mass is 79.9. The number of thioether (sulfide) groups is 1. The van der Waals surface area contributed by atoms with E-state index in [-0.39, 0.29) is 0 Å². The summed E-state index contributed by atoms with van der Waals surface area (Å²) >= 11 is 4.01. The molecule has 0 bridgehead atoms. The topological polar surface area (TPSA) is 45.4 Å². The number of rotatable bonds is 10. The smallest absolute Gasteiger partial charge is 0.186 e. The molecule has 4 aromatic rings. The van der Waals surface area contributed by atoms with Gasteiger partial charge in [-0.25, -0.2) is 0 Å². The van der Waals surface area contributed by atoms with Gasteiger partial charge < -0.3 is 13.7 Å². The number of fused-ring (bicyclic) bond motifs is 1. The molecular formula is C31H35BrO3S2. The number of para-hydroxylation sites is 1. The maximum absolute atomic E-state index is 12.1. The van der Waals surface area contributed by atoms with Crippen molar-refractivity contribution in [2.24, 2.45) is 0 Å². The molecule has 0 saturated heterocycles. The average molecular weight is 600 g/mol. The zero-order valence-electron chi connectivity index (χ0n) is 22.0. The molecule has 0 aliphatic rings. The monoisotopic (exact) mass is 598 g/mol. The van der Waals surface area contributed by atoms with Gasteiger partial charge in [-0.3, -0.25) is 0 Å². The van der Waals surface area contributed by atoms with Crippen molar-refractivity contribution in [1.29, 1.82) is 0 Å². The Morgan fingerprint density at radius 2 is 1.76 bits per heavy atom. The average Bonchev–Trinajstić information content (AvgIpc) is 3.39. The minimum Gasteiger partial charge on any atom is -0.611 e. The number of benzene rings is 3. The first-order valence-electron chi connectivity index (χ1n) is 12.5. The minimum absolute atomic E-state index is 0.397. The molecule has 1 heterocycles. The predicted molar refractivity (Wildman–Crippen MR) is 165 cm³/mol. The SMILES string of the molecule is CCCCCC.CSC(=Cc1cccc(-c2ccccc2)c1OCc1cc(Br)c2occc2c1)[S+](C)[O-]. The Bertz CT molecular complexity index is 1280. The second-order valence-corrected chi connectivity index (χ2v) is 11.9. The maximum atomic E-state index is 12.1. The molecule has 1 aromatic heterocycles. The summed E-state index contributed by atoms with van der Waals surface area (Å²) in [5.74, 6) is 0.772. The number of hydrogen-bond donors (Lipinski definition) is 0. The zero-order valence-corrected chi connectivity index (χ0v) is 25.2. The van der Waals surface area contributed by atoms with E-state index < -0.39 is 11.2 Å². The molecule has 0 amide bonds. The van der Waals surface area contributed by atoms with Crippen LogP contribution in [0.2, 0.25) is 0 Å². The van der Waals surface area contributed by atoms with E-state index in [1.807, 2.05) is 54.8 Å². The third kappa shape index (κ3) is 8.44. The lowest BCUT2D eigenvalue weighted by Crippen LogP contribution is -2.01. The Labute approximate surface area is 237 Å². The van der Waals surface area contributed by atoms with Crippen LogP contribution in [0.5, 0.6) is 5.75 Å². The molecular weight excluding hydrogens is 564 g/mol. The third-order valence-corrected chi connectivity index (χ3v) is 8.79. The fourth-order valence-electron chi connectivity index (χ4n) is 3.90. The van der Waals surface area contributed by atoms with Gasteiger partial charge in [-0.1, -0.05) is 99.8 Å². The van der Waals surface area contributed by atoms with Crippen LogP contribution in [0.25, 0.3) is 28.2 Å². The molecule has 0 aliphatic heterocycles. The molecule has 37 heavy (non-hydrogen) atoms. The molecule has 196 valence electrons. The summed E-state index contributed by atoms with van der Waals surface area (Å²) in [4.78, 5) is 0. The molecule has 0 aliphatic carbocycles. The van der Waals surface area contributed by atoms with Crippen LogP contribution in [0, 0.1) is 0 Å². The van der Waals surface area contributed by atoms with Gasteiger partial charge in [-0.05, 0) is 62.7 Å². The van der Waals surface area contributed by atoms with E-state index in [0.717, 1.165) is 47.7 Å². The highest BCUT2D eigenvalue weighted by Gasteiger charge is 2.15. The van der Waals surface area contributed by atoms with Crippen molar-refractivity contribution >= 4 is 55.9 Å². The molecule has 3 nitrogen and oxygen atoms in total. The van der Waals surface area contributed by atoms with E-state index >= 15 is 0 Å². The second kappa shape index (κ2) is 15.3. The van der Waals surface area contributed by atoms with Crippen molar-refractivity contribution in [3.63, 3.8) is 0 Å². The molecule has 0 fully saturated rings. The number of furan rings is 1. The summed E-state index contributed by atoms with van der Waals surface area (Å²) in [5.41, 5.74) is 4.84. The highest BCUT2D eigenvalue weighted by Crippen LogP contribution is 2.37. The van der Waals surface area contributed by atoms with Crippen LogP contribution >= 0.6 is 27.7 Å². The van der Waals surface area contributed by atoms with E-state index in [9.17, 15) is 4.55 Å². The summed E-state index contributed by atoms with van der Waals surface area (Å²) in [7, 11) is 0. The Balaban J connectivity index is 0.000000568. The van der Waals surface area contributed by atoms with Gasteiger partial charge in [0.1, 0.15) is 24.2 Å². The summed E-state index contributed by atoms with van der Waals surface area (Å²) in [6, 6.07) is 22.2. The summed E-state index contributed by atoms with van der Waals surface area (Å²) in [6.07, 6.45) is 12.8. The van der Waals surface area contributed by atoms with E-state index in [0.29, 0.717) is 6.61 Å². The Kier molecular flexibility index (Phi) is 12.2. The number of ether oxygens (including phenoxy) is 1. The van der Waals surface area contributed by atoms with Crippen LogP contribution in [0.3, 0.4) is 0 Å². The first-order chi connectivity index (χ1) is 18.0.